The number of nitrogens with one attached hydrogen (secondary N) is 1. The van der Waals surface area contributed by atoms with E-state index in [-0.39, 0.29) is 11.6 Å². The molecule has 2 unspecified atom stereocenters. The van der Waals surface area contributed by atoms with Gasteiger partial charge in [0.05, 0.1) is 6.10 Å². The second-order valence-corrected chi connectivity index (χ2v) is 4.50. The summed E-state index contributed by atoms with van der Waals surface area (Å²) in [5, 5.41) is 12.9. The topological polar surface area (TPSA) is 32.3 Å². The zero-order chi connectivity index (χ0) is 8.48. The average Bonchev–Trinajstić information content (AvgIpc) is 2.12. The standard InChI is InChI=1S/C9H19NO/c1-9(2,3)10-7-5-4-6-8(7)11/h7-8,10-11H,4-6H2,1-3H3. The molecule has 66 valence electrons. The fraction of sp³-hybridized carbons (Fsp3) is 1.00. The van der Waals surface area contributed by atoms with Crippen molar-refractivity contribution >= 4 is 0 Å². The first kappa shape index (κ1) is 9.01. The molecular weight excluding hydrogens is 138 g/mol. The van der Waals surface area contributed by atoms with Gasteiger partial charge in [0, 0.05) is 11.6 Å². The predicted octanol–water partition coefficient (Wildman–Crippen LogP) is 1.29. The lowest BCUT2D eigenvalue weighted by Gasteiger charge is -2.27. The molecule has 0 saturated heterocycles. The van der Waals surface area contributed by atoms with Crippen LogP contribution in [0.2, 0.25) is 0 Å². The number of rotatable bonds is 1. The van der Waals surface area contributed by atoms with Crippen molar-refractivity contribution in [2.75, 3.05) is 0 Å². The highest BCUT2D eigenvalue weighted by Crippen LogP contribution is 2.20. The Hall–Kier alpha value is -0.0800. The molecule has 1 aliphatic rings. The van der Waals surface area contributed by atoms with E-state index >= 15 is 0 Å². The maximum atomic E-state index is 9.49. The third-order valence-corrected chi connectivity index (χ3v) is 2.10. The molecule has 2 N–H and O–H groups in total. The first-order valence-electron chi connectivity index (χ1n) is 4.45. The number of hydrogen-bond donors (Lipinski definition) is 2. The minimum absolute atomic E-state index is 0.116. The highest BCUT2D eigenvalue weighted by molar-refractivity contribution is 4.87. The van der Waals surface area contributed by atoms with E-state index in [1.807, 2.05) is 0 Å². The maximum absolute atomic E-state index is 9.49. The molecule has 0 aromatic carbocycles. The van der Waals surface area contributed by atoms with Gasteiger partial charge >= 0.3 is 0 Å². The SMILES string of the molecule is CC(C)(C)NC1CCCC1O. The van der Waals surface area contributed by atoms with Gasteiger partial charge in [0.15, 0.2) is 0 Å². The van der Waals surface area contributed by atoms with E-state index in [0.717, 1.165) is 19.3 Å². The molecule has 11 heavy (non-hydrogen) atoms. The second kappa shape index (κ2) is 3.11. The van der Waals surface area contributed by atoms with Crippen molar-refractivity contribution in [1.82, 2.24) is 5.32 Å². The van der Waals surface area contributed by atoms with E-state index in [2.05, 4.69) is 26.1 Å². The molecule has 0 radical (unpaired) electrons. The van der Waals surface area contributed by atoms with Crippen LogP contribution >= 0.6 is 0 Å². The Bertz CT molecular complexity index is 128. The molecule has 2 heteroatoms. The van der Waals surface area contributed by atoms with E-state index in [9.17, 15) is 5.11 Å². The molecule has 0 heterocycles. The third kappa shape index (κ3) is 2.80. The Balaban J connectivity index is 2.37. The van der Waals surface area contributed by atoms with Crippen molar-refractivity contribution in [1.29, 1.82) is 0 Å². The van der Waals surface area contributed by atoms with E-state index in [4.69, 9.17) is 0 Å². The van der Waals surface area contributed by atoms with Crippen LogP contribution in [0.15, 0.2) is 0 Å². The molecule has 1 fully saturated rings. The molecule has 0 aromatic heterocycles. The van der Waals surface area contributed by atoms with Gasteiger partial charge in [0.25, 0.3) is 0 Å². The van der Waals surface area contributed by atoms with E-state index in [0.29, 0.717) is 6.04 Å². The van der Waals surface area contributed by atoms with Gasteiger partial charge in [0.2, 0.25) is 0 Å². The van der Waals surface area contributed by atoms with Crippen LogP contribution in [0.3, 0.4) is 0 Å². The summed E-state index contributed by atoms with van der Waals surface area (Å²) in [4.78, 5) is 0. The number of hydrogen-bond acceptors (Lipinski definition) is 2. The summed E-state index contributed by atoms with van der Waals surface area (Å²) in [6, 6.07) is 0.329. The van der Waals surface area contributed by atoms with Gasteiger partial charge in [-0.2, -0.15) is 0 Å². The summed E-state index contributed by atoms with van der Waals surface area (Å²) < 4.78 is 0. The van der Waals surface area contributed by atoms with Gasteiger partial charge in [-0.1, -0.05) is 0 Å². The second-order valence-electron chi connectivity index (χ2n) is 4.50. The van der Waals surface area contributed by atoms with Gasteiger partial charge in [0.1, 0.15) is 0 Å². The van der Waals surface area contributed by atoms with E-state index in [1.165, 1.54) is 0 Å². The Kier molecular flexibility index (Phi) is 2.55. The molecule has 0 spiro atoms. The largest absolute Gasteiger partial charge is 0.392 e. The third-order valence-electron chi connectivity index (χ3n) is 2.10. The van der Waals surface area contributed by atoms with Crippen molar-refractivity contribution in [2.24, 2.45) is 0 Å². The van der Waals surface area contributed by atoms with Crippen molar-refractivity contribution in [2.45, 2.75) is 57.7 Å². The van der Waals surface area contributed by atoms with Gasteiger partial charge in [-0.25, -0.2) is 0 Å². The molecule has 0 amide bonds. The number of aliphatic hydroxyl groups is 1. The van der Waals surface area contributed by atoms with Crippen molar-refractivity contribution in [3.05, 3.63) is 0 Å². The first-order chi connectivity index (χ1) is 4.99. The van der Waals surface area contributed by atoms with Gasteiger partial charge in [-0.05, 0) is 40.0 Å². The highest BCUT2D eigenvalue weighted by atomic mass is 16.3. The molecule has 0 bridgehead atoms. The fourth-order valence-corrected chi connectivity index (χ4v) is 1.67. The molecular formula is C9H19NO. The lowest BCUT2D eigenvalue weighted by Crippen LogP contribution is -2.47. The lowest BCUT2D eigenvalue weighted by atomic mass is 10.1. The van der Waals surface area contributed by atoms with Crippen LogP contribution in [0.25, 0.3) is 0 Å². The summed E-state index contributed by atoms with van der Waals surface area (Å²) in [5.41, 5.74) is 0.135. The highest BCUT2D eigenvalue weighted by Gasteiger charge is 2.27. The minimum Gasteiger partial charge on any atom is -0.392 e. The minimum atomic E-state index is -0.116. The summed E-state index contributed by atoms with van der Waals surface area (Å²) >= 11 is 0. The van der Waals surface area contributed by atoms with Gasteiger partial charge < -0.3 is 10.4 Å². The molecule has 1 saturated carbocycles. The molecule has 2 nitrogen and oxygen atoms in total. The zero-order valence-electron chi connectivity index (χ0n) is 7.72. The van der Waals surface area contributed by atoms with E-state index in [1.54, 1.807) is 0 Å². The molecule has 1 aliphatic carbocycles. The van der Waals surface area contributed by atoms with Crippen molar-refractivity contribution < 1.29 is 5.11 Å². The van der Waals surface area contributed by atoms with Crippen LogP contribution in [0, 0.1) is 0 Å². The summed E-state index contributed by atoms with van der Waals surface area (Å²) in [5.74, 6) is 0. The fourth-order valence-electron chi connectivity index (χ4n) is 1.67. The van der Waals surface area contributed by atoms with Crippen molar-refractivity contribution in [3.8, 4) is 0 Å². The van der Waals surface area contributed by atoms with Gasteiger partial charge in [-0.15, -0.1) is 0 Å². The Morgan fingerprint density at radius 2 is 1.91 bits per heavy atom. The smallest absolute Gasteiger partial charge is 0.0693 e. The molecule has 1 rings (SSSR count). The van der Waals surface area contributed by atoms with Crippen molar-refractivity contribution in [3.63, 3.8) is 0 Å². The van der Waals surface area contributed by atoms with Crippen LogP contribution in [-0.4, -0.2) is 22.8 Å². The average molecular weight is 157 g/mol. The van der Waals surface area contributed by atoms with Crippen LogP contribution in [0.5, 0.6) is 0 Å². The first-order valence-corrected chi connectivity index (χ1v) is 4.45. The Labute approximate surface area is 69.0 Å². The zero-order valence-corrected chi connectivity index (χ0v) is 7.72. The molecule has 2 atom stereocenters. The summed E-state index contributed by atoms with van der Waals surface area (Å²) in [6.45, 7) is 6.41. The van der Waals surface area contributed by atoms with Crippen LogP contribution < -0.4 is 5.32 Å². The maximum Gasteiger partial charge on any atom is 0.0693 e. The quantitative estimate of drug-likeness (QED) is 0.601. The van der Waals surface area contributed by atoms with Crippen LogP contribution in [0.1, 0.15) is 40.0 Å². The Morgan fingerprint density at radius 1 is 1.27 bits per heavy atom. The summed E-state index contributed by atoms with van der Waals surface area (Å²) in [6.07, 6.45) is 3.13. The normalized spacial score (nSPS) is 32.7. The molecule has 0 aliphatic heterocycles. The van der Waals surface area contributed by atoms with Crippen LogP contribution in [0.4, 0.5) is 0 Å². The lowest BCUT2D eigenvalue weighted by molar-refractivity contribution is 0.135. The number of aliphatic hydroxyl groups excluding tert-OH is 1. The molecule has 0 aromatic rings. The predicted molar refractivity (Wildman–Crippen MR) is 46.5 cm³/mol. The monoisotopic (exact) mass is 157 g/mol. The van der Waals surface area contributed by atoms with E-state index < -0.39 is 0 Å². The van der Waals surface area contributed by atoms with Gasteiger partial charge in [-0.3, -0.25) is 0 Å². The Morgan fingerprint density at radius 3 is 2.27 bits per heavy atom. The summed E-state index contributed by atoms with van der Waals surface area (Å²) in [7, 11) is 0. The van der Waals surface area contributed by atoms with Crippen LogP contribution in [-0.2, 0) is 0 Å².